The summed E-state index contributed by atoms with van der Waals surface area (Å²) in [6.45, 7) is 24.3. The lowest BCUT2D eigenvalue weighted by Gasteiger charge is -2.38. The summed E-state index contributed by atoms with van der Waals surface area (Å²) in [7, 11) is 0. The van der Waals surface area contributed by atoms with E-state index in [1.165, 1.54) is 32.1 Å². The van der Waals surface area contributed by atoms with Crippen LogP contribution in [-0.2, 0) is 0 Å². The van der Waals surface area contributed by atoms with E-state index in [4.69, 9.17) is 0 Å². The van der Waals surface area contributed by atoms with Crippen LogP contribution in [0.1, 0.15) is 101 Å². The van der Waals surface area contributed by atoms with Crippen molar-refractivity contribution in [2.24, 2.45) is 28.1 Å². The molecule has 3 unspecified atom stereocenters. The van der Waals surface area contributed by atoms with E-state index in [2.05, 4.69) is 75.5 Å². The standard InChI is InChI=1S/C22H46S/c1-17(19(3)23-11)12-14-21(7,8)16-22(9,10)15-13-18(2)20(4,5)6/h17-19H,12-16H2,1-11H3. The molecule has 0 nitrogen and oxygen atoms in total. The molecule has 0 radical (unpaired) electrons. The molecule has 0 aliphatic heterocycles. The molecule has 0 aliphatic rings. The van der Waals surface area contributed by atoms with Crippen molar-refractivity contribution in [3.63, 3.8) is 0 Å². The van der Waals surface area contributed by atoms with Crippen molar-refractivity contribution in [1.82, 2.24) is 0 Å². The van der Waals surface area contributed by atoms with Gasteiger partial charge in [0.2, 0.25) is 0 Å². The van der Waals surface area contributed by atoms with Crippen LogP contribution in [0.3, 0.4) is 0 Å². The van der Waals surface area contributed by atoms with Gasteiger partial charge in [0, 0.05) is 5.25 Å². The van der Waals surface area contributed by atoms with E-state index in [9.17, 15) is 0 Å². The van der Waals surface area contributed by atoms with E-state index in [1.807, 2.05) is 11.8 Å². The minimum atomic E-state index is 0.439. The highest BCUT2D eigenvalue weighted by atomic mass is 32.2. The molecule has 0 rings (SSSR count). The van der Waals surface area contributed by atoms with Crippen LogP contribution < -0.4 is 0 Å². The maximum Gasteiger partial charge on any atom is 0.00415 e. The Bertz CT molecular complexity index is 321. The van der Waals surface area contributed by atoms with Crippen LogP contribution in [0.5, 0.6) is 0 Å². The first-order chi connectivity index (χ1) is 10.2. The van der Waals surface area contributed by atoms with Crippen LogP contribution in [0.15, 0.2) is 0 Å². The third kappa shape index (κ3) is 10.0. The van der Waals surface area contributed by atoms with Gasteiger partial charge in [0.1, 0.15) is 0 Å². The average Bonchev–Trinajstić information content (AvgIpc) is 2.39. The second-order valence-corrected chi connectivity index (χ2v) is 12.0. The zero-order valence-electron chi connectivity index (χ0n) is 18.2. The number of hydrogen-bond acceptors (Lipinski definition) is 1. The maximum atomic E-state index is 2.48. The van der Waals surface area contributed by atoms with Gasteiger partial charge in [-0.1, -0.05) is 69.2 Å². The van der Waals surface area contributed by atoms with Gasteiger partial charge in [0.05, 0.1) is 0 Å². The van der Waals surface area contributed by atoms with E-state index in [-0.39, 0.29) is 0 Å². The highest BCUT2D eigenvalue weighted by molar-refractivity contribution is 7.99. The number of thioether (sulfide) groups is 1. The molecule has 0 aromatic heterocycles. The van der Waals surface area contributed by atoms with Gasteiger partial charge in [-0.2, -0.15) is 11.8 Å². The summed E-state index contributed by atoms with van der Waals surface area (Å²) < 4.78 is 0. The lowest BCUT2D eigenvalue weighted by Crippen LogP contribution is -2.26. The topological polar surface area (TPSA) is 0 Å². The van der Waals surface area contributed by atoms with E-state index in [0.29, 0.717) is 16.2 Å². The molecule has 1 heteroatoms. The smallest absolute Gasteiger partial charge is 0.00415 e. The molecule has 0 aliphatic carbocycles. The molecule has 0 saturated heterocycles. The van der Waals surface area contributed by atoms with Crippen molar-refractivity contribution < 1.29 is 0 Å². The molecule has 0 amide bonds. The molecule has 0 bridgehead atoms. The molecule has 0 spiro atoms. The summed E-state index contributed by atoms with van der Waals surface area (Å²) in [5.41, 5.74) is 1.35. The van der Waals surface area contributed by atoms with Crippen LogP contribution in [0, 0.1) is 28.1 Å². The van der Waals surface area contributed by atoms with E-state index < -0.39 is 0 Å². The molecular weight excluding hydrogens is 296 g/mol. The van der Waals surface area contributed by atoms with Gasteiger partial charge in [-0.25, -0.2) is 0 Å². The molecule has 0 heterocycles. The van der Waals surface area contributed by atoms with E-state index >= 15 is 0 Å². The molecule has 0 aromatic rings. The molecule has 0 fully saturated rings. The van der Waals surface area contributed by atoms with Gasteiger partial charge < -0.3 is 0 Å². The third-order valence-electron chi connectivity index (χ3n) is 6.14. The quantitative estimate of drug-likeness (QED) is 0.387. The Morgan fingerprint density at radius 2 is 1.17 bits per heavy atom. The second kappa shape index (κ2) is 9.16. The Labute approximate surface area is 153 Å². The normalized spacial score (nSPS) is 17.9. The summed E-state index contributed by atoms with van der Waals surface area (Å²) in [6, 6.07) is 0. The molecule has 3 atom stereocenters. The molecule has 0 aromatic carbocycles. The summed E-state index contributed by atoms with van der Waals surface area (Å²) in [6.07, 6.45) is 9.02. The van der Waals surface area contributed by atoms with Crippen molar-refractivity contribution in [3.05, 3.63) is 0 Å². The van der Waals surface area contributed by atoms with Crippen LogP contribution in [0.2, 0.25) is 0 Å². The Morgan fingerprint density at radius 1 is 0.739 bits per heavy atom. The number of rotatable bonds is 10. The fraction of sp³-hybridized carbons (Fsp3) is 1.00. The molecule has 0 saturated carbocycles. The van der Waals surface area contributed by atoms with Crippen LogP contribution in [-0.4, -0.2) is 11.5 Å². The van der Waals surface area contributed by atoms with E-state index in [1.54, 1.807) is 0 Å². The zero-order chi connectivity index (χ0) is 18.5. The SMILES string of the molecule is CSC(C)C(C)CCC(C)(C)CC(C)(C)CCC(C)C(C)(C)C. The van der Waals surface area contributed by atoms with E-state index in [0.717, 1.165) is 17.1 Å². The summed E-state index contributed by atoms with van der Waals surface area (Å²) in [5, 5.41) is 0.784. The van der Waals surface area contributed by atoms with Crippen molar-refractivity contribution in [3.8, 4) is 0 Å². The highest BCUT2D eigenvalue weighted by Gasteiger charge is 2.31. The lowest BCUT2D eigenvalue weighted by atomic mass is 9.68. The van der Waals surface area contributed by atoms with Gasteiger partial charge in [-0.3, -0.25) is 0 Å². The van der Waals surface area contributed by atoms with Crippen molar-refractivity contribution in [2.75, 3.05) is 6.26 Å². The molecule has 23 heavy (non-hydrogen) atoms. The minimum absolute atomic E-state index is 0.439. The monoisotopic (exact) mass is 342 g/mol. The number of hydrogen-bond donors (Lipinski definition) is 0. The van der Waals surface area contributed by atoms with Crippen LogP contribution in [0.4, 0.5) is 0 Å². The van der Waals surface area contributed by atoms with Gasteiger partial charge in [-0.15, -0.1) is 0 Å². The first-order valence-electron chi connectivity index (χ1n) is 9.73. The fourth-order valence-corrected chi connectivity index (χ4v) is 4.20. The predicted molar refractivity (Wildman–Crippen MR) is 111 cm³/mol. The molecular formula is C22H46S. The summed E-state index contributed by atoms with van der Waals surface area (Å²) in [4.78, 5) is 0. The van der Waals surface area contributed by atoms with Gasteiger partial charge in [0.15, 0.2) is 0 Å². The van der Waals surface area contributed by atoms with Gasteiger partial charge in [0.25, 0.3) is 0 Å². The van der Waals surface area contributed by atoms with Gasteiger partial charge in [-0.05, 0) is 66.4 Å². The van der Waals surface area contributed by atoms with Crippen molar-refractivity contribution in [2.45, 2.75) is 107 Å². The fourth-order valence-electron chi connectivity index (χ4n) is 3.60. The van der Waals surface area contributed by atoms with Crippen molar-refractivity contribution in [1.29, 1.82) is 0 Å². The minimum Gasteiger partial charge on any atom is -0.162 e. The summed E-state index contributed by atoms with van der Waals surface area (Å²) >= 11 is 2.01. The first kappa shape index (κ1) is 23.4. The predicted octanol–water partition coefficient (Wildman–Crippen LogP) is 8.06. The Morgan fingerprint density at radius 3 is 1.57 bits per heavy atom. The largest absolute Gasteiger partial charge is 0.162 e. The van der Waals surface area contributed by atoms with Gasteiger partial charge >= 0.3 is 0 Å². The zero-order valence-corrected chi connectivity index (χ0v) is 19.0. The third-order valence-corrected chi connectivity index (χ3v) is 7.35. The lowest BCUT2D eigenvalue weighted by molar-refractivity contribution is 0.139. The Hall–Kier alpha value is 0.350. The average molecular weight is 343 g/mol. The first-order valence-corrected chi connectivity index (χ1v) is 11.0. The second-order valence-electron chi connectivity index (χ2n) is 10.8. The summed E-state index contributed by atoms with van der Waals surface area (Å²) in [5.74, 6) is 1.63. The maximum absolute atomic E-state index is 2.48. The highest BCUT2D eigenvalue weighted by Crippen LogP contribution is 2.42. The molecule has 0 N–H and O–H groups in total. The Kier molecular flexibility index (Phi) is 9.30. The van der Waals surface area contributed by atoms with Crippen molar-refractivity contribution >= 4 is 11.8 Å². The van der Waals surface area contributed by atoms with Crippen LogP contribution >= 0.6 is 11.8 Å². The molecule has 140 valence electrons. The Balaban J connectivity index is 4.45. The van der Waals surface area contributed by atoms with Crippen LogP contribution in [0.25, 0.3) is 0 Å².